The number of methoxy groups -OCH3 is 3. The molecule has 0 radical (unpaired) electrons. The normalized spacial score (nSPS) is 25.5. The Morgan fingerprint density at radius 1 is 0.909 bits per heavy atom. The maximum Gasteiger partial charge on any atom is 0.293 e. The van der Waals surface area contributed by atoms with E-state index in [0.29, 0.717) is 50.7 Å². The van der Waals surface area contributed by atoms with Gasteiger partial charge in [-0.2, -0.15) is 0 Å². The third-order valence-corrected chi connectivity index (χ3v) is 14.3. The summed E-state index contributed by atoms with van der Waals surface area (Å²) in [6.07, 6.45) is 11.9. The molecule has 0 bridgehead atoms. The summed E-state index contributed by atoms with van der Waals surface area (Å²) in [6, 6.07) is 0.0410. The highest BCUT2D eigenvalue weighted by molar-refractivity contribution is 5.86. The van der Waals surface area contributed by atoms with Gasteiger partial charge in [0, 0.05) is 64.0 Å². The Morgan fingerprint density at radius 2 is 1.61 bits per heavy atom. The number of piperidine rings is 1. The van der Waals surface area contributed by atoms with E-state index in [2.05, 4.69) is 0 Å². The summed E-state index contributed by atoms with van der Waals surface area (Å²) in [4.78, 5) is 53.2. The molecule has 14 nitrogen and oxygen atoms in total. The van der Waals surface area contributed by atoms with Crippen LogP contribution in [0.1, 0.15) is 132 Å². The van der Waals surface area contributed by atoms with Crippen molar-refractivity contribution in [2.24, 2.45) is 35.0 Å². The first-order valence-electron chi connectivity index (χ1n) is 24.3. The number of hydrogen-bond acceptors (Lipinski definition) is 13. The van der Waals surface area contributed by atoms with Crippen LogP contribution in [0.3, 0.4) is 0 Å². The Kier molecular flexibility index (Phi) is 26.6. The van der Waals surface area contributed by atoms with Crippen molar-refractivity contribution in [3.05, 3.63) is 47.6 Å². The number of rotatable bonds is 30. The Balaban J connectivity index is 1.91. The number of allylic oxidation sites excluding steroid dienone is 6. The molecule has 2 fully saturated rings. The maximum atomic E-state index is 13.6. The zero-order valence-electron chi connectivity index (χ0n) is 42.0. The Bertz CT molecular complexity index is 1610. The summed E-state index contributed by atoms with van der Waals surface area (Å²) in [6.45, 7) is 15.3. The van der Waals surface area contributed by atoms with E-state index in [0.717, 1.165) is 31.3 Å². The molecule has 1 saturated heterocycles. The molecule has 1 heterocycles. The first kappa shape index (κ1) is 59.0. The number of aliphatic hydroxyl groups excluding tert-OH is 5. The lowest BCUT2D eigenvalue weighted by Gasteiger charge is -2.39. The van der Waals surface area contributed by atoms with Gasteiger partial charge in [-0.15, -0.1) is 0 Å². The quantitative estimate of drug-likeness (QED) is 0.0307. The van der Waals surface area contributed by atoms with Gasteiger partial charge in [-0.25, -0.2) is 0 Å². The van der Waals surface area contributed by atoms with Crippen LogP contribution in [0.4, 0.5) is 0 Å². The Hall–Kier alpha value is -3.08. The number of carbonyl (C=O) groups is 4. The number of ketones is 2. The average Bonchev–Trinajstić information content (AvgIpc) is 3.29. The van der Waals surface area contributed by atoms with Crippen molar-refractivity contribution < 1.29 is 63.7 Å². The first-order valence-corrected chi connectivity index (χ1v) is 24.3. The van der Waals surface area contributed by atoms with Gasteiger partial charge in [0.05, 0.1) is 31.0 Å². The smallest absolute Gasteiger partial charge is 0.293 e. The van der Waals surface area contributed by atoms with Gasteiger partial charge < -0.3 is 49.4 Å². The summed E-state index contributed by atoms with van der Waals surface area (Å²) in [5, 5.41) is 53.6. The molecule has 15 unspecified atom stereocenters. The number of Topliss-reactive ketones (excluding diaryl/α,β-unsaturated/α-hetero) is 2. The van der Waals surface area contributed by atoms with Crippen molar-refractivity contribution in [3.63, 3.8) is 0 Å². The molecule has 66 heavy (non-hydrogen) atoms. The van der Waals surface area contributed by atoms with E-state index >= 15 is 0 Å². The molecular weight excluding hydrogens is 847 g/mol. The average molecular weight is 934 g/mol. The highest BCUT2D eigenvalue weighted by atomic mass is 16.5. The maximum absolute atomic E-state index is 13.6. The van der Waals surface area contributed by atoms with Gasteiger partial charge in [-0.3, -0.25) is 19.2 Å². The van der Waals surface area contributed by atoms with Gasteiger partial charge in [-0.1, -0.05) is 71.1 Å². The number of nitrogens with zero attached hydrogens (tertiary/aromatic N) is 1. The third-order valence-electron chi connectivity index (χ3n) is 14.3. The van der Waals surface area contributed by atoms with Crippen LogP contribution in [0.15, 0.2) is 47.6 Å². The van der Waals surface area contributed by atoms with E-state index in [1.54, 1.807) is 52.9 Å². The predicted octanol–water partition coefficient (Wildman–Crippen LogP) is 6.24. The van der Waals surface area contributed by atoms with Gasteiger partial charge >= 0.3 is 0 Å². The highest BCUT2D eigenvalue weighted by Gasteiger charge is 2.41. The molecule has 1 aliphatic carbocycles. The van der Waals surface area contributed by atoms with E-state index in [4.69, 9.17) is 18.9 Å². The van der Waals surface area contributed by atoms with Crippen LogP contribution in [0, 0.1) is 35.0 Å². The lowest BCUT2D eigenvalue weighted by molar-refractivity contribution is -0.153. The van der Waals surface area contributed by atoms with Gasteiger partial charge in [0.15, 0.2) is 5.78 Å². The molecule has 2 aliphatic rings. The van der Waals surface area contributed by atoms with Crippen molar-refractivity contribution in [2.75, 3.05) is 34.5 Å². The Morgan fingerprint density at radius 3 is 2.21 bits per heavy atom. The molecule has 378 valence electrons. The van der Waals surface area contributed by atoms with Gasteiger partial charge in [0.2, 0.25) is 0 Å². The topological polar surface area (TPSA) is 210 Å². The van der Waals surface area contributed by atoms with E-state index in [1.807, 2.05) is 58.1 Å². The number of likely N-dealkylation sites (tertiary alicyclic amines) is 1. The fourth-order valence-corrected chi connectivity index (χ4v) is 9.58. The first-order chi connectivity index (χ1) is 31.2. The SMILES string of the molecule is COC(CC(O)CCC(C)(CO)C(O)C(=O)N1CCCCC1C)/C(C)=C/C=C/C=C/C(C)CC(C)C(=O)C(OC)C(O)/C(C)=C/C(C)C(=O)CC(OC=O)C(C)CC1CCC(O)C(OC)C1. The van der Waals surface area contributed by atoms with Crippen LogP contribution in [0.2, 0.25) is 0 Å². The minimum absolute atomic E-state index is 0.00567. The molecule has 2 rings (SSSR count). The molecule has 5 N–H and O–H groups in total. The molecule has 15 atom stereocenters. The van der Waals surface area contributed by atoms with Gasteiger partial charge in [0.25, 0.3) is 12.4 Å². The van der Waals surface area contributed by atoms with Crippen molar-refractivity contribution in [3.8, 4) is 0 Å². The van der Waals surface area contributed by atoms with Crippen molar-refractivity contribution in [2.45, 2.75) is 187 Å². The van der Waals surface area contributed by atoms with E-state index in [9.17, 15) is 44.7 Å². The summed E-state index contributed by atoms with van der Waals surface area (Å²) in [7, 11) is 4.54. The minimum Gasteiger partial charge on any atom is -0.464 e. The largest absolute Gasteiger partial charge is 0.464 e. The van der Waals surface area contributed by atoms with Crippen LogP contribution in [0.5, 0.6) is 0 Å². The number of carbonyl (C=O) groups excluding carboxylic acids is 4. The molecule has 0 aromatic carbocycles. The van der Waals surface area contributed by atoms with Gasteiger partial charge in [-0.05, 0) is 114 Å². The van der Waals surface area contributed by atoms with E-state index < -0.39 is 53.9 Å². The van der Waals surface area contributed by atoms with Crippen molar-refractivity contribution >= 4 is 23.9 Å². The van der Waals surface area contributed by atoms with Crippen LogP contribution >= 0.6 is 0 Å². The van der Waals surface area contributed by atoms with Crippen LogP contribution in [0.25, 0.3) is 0 Å². The fourth-order valence-electron chi connectivity index (χ4n) is 9.58. The van der Waals surface area contributed by atoms with Crippen LogP contribution in [-0.2, 0) is 38.1 Å². The number of amides is 1. The molecular formula is C52H87NO13. The predicted molar refractivity (Wildman–Crippen MR) is 255 cm³/mol. The molecule has 1 saturated carbocycles. The zero-order chi connectivity index (χ0) is 49.7. The number of aliphatic hydroxyl groups is 5. The second-order valence-electron chi connectivity index (χ2n) is 19.9. The molecule has 0 aromatic rings. The fraction of sp³-hybridized carbons (Fsp3) is 0.769. The molecule has 1 amide bonds. The second kappa shape index (κ2) is 29.7. The molecule has 0 aromatic heterocycles. The van der Waals surface area contributed by atoms with Crippen molar-refractivity contribution in [1.29, 1.82) is 0 Å². The standard InChI is InChI=1S/C52H87NO13/c1-33(17-13-12-14-18-34(2)44(63-9)29-41(56)22-23-52(8,31-54)50(61)51(62)53-24-16-15-19-39(53)7)25-37(5)47(59)49(65-11)48(60)38(6)26-35(3)43(58)30-45(66-32-55)36(4)27-40-20-21-42(57)46(28-40)64-10/h12-14,17-18,26,32-33,35-37,39-42,44-46,48-50,54,56-57,60-61H,15-16,19-25,27-31H2,1-11H3/b14-12+,17-13+,34-18+,38-26+. The zero-order valence-corrected chi connectivity index (χ0v) is 42.0. The number of hydrogen-bond donors (Lipinski definition) is 5. The lowest BCUT2D eigenvalue weighted by atomic mass is 9.78. The van der Waals surface area contributed by atoms with Crippen molar-refractivity contribution in [1.82, 2.24) is 4.90 Å². The summed E-state index contributed by atoms with van der Waals surface area (Å²) in [5.74, 6) is -1.66. The molecule has 14 heteroatoms. The summed E-state index contributed by atoms with van der Waals surface area (Å²) < 4.78 is 22.0. The third kappa shape index (κ3) is 18.4. The van der Waals surface area contributed by atoms with Crippen LogP contribution in [-0.4, -0.2) is 144 Å². The highest BCUT2D eigenvalue weighted by Crippen LogP contribution is 2.34. The van der Waals surface area contributed by atoms with Gasteiger partial charge in [0.1, 0.15) is 30.2 Å². The monoisotopic (exact) mass is 934 g/mol. The second-order valence-corrected chi connectivity index (χ2v) is 19.9. The lowest BCUT2D eigenvalue weighted by Crippen LogP contribution is -2.53. The Labute approximate surface area is 395 Å². The molecule has 0 spiro atoms. The number of ether oxygens (including phenoxy) is 4. The van der Waals surface area contributed by atoms with Crippen LogP contribution < -0.4 is 0 Å². The minimum atomic E-state index is -1.37. The summed E-state index contributed by atoms with van der Waals surface area (Å²) >= 11 is 0. The van der Waals surface area contributed by atoms with E-state index in [-0.39, 0.29) is 79.3 Å². The summed E-state index contributed by atoms with van der Waals surface area (Å²) in [5.41, 5.74) is 0.224. The molecule has 1 aliphatic heterocycles. The van der Waals surface area contributed by atoms with E-state index in [1.165, 1.54) is 7.11 Å².